The van der Waals surface area contributed by atoms with E-state index in [0.29, 0.717) is 11.9 Å². The van der Waals surface area contributed by atoms with Crippen molar-refractivity contribution >= 4 is 30.9 Å². The van der Waals surface area contributed by atoms with E-state index in [1.54, 1.807) is 0 Å². The van der Waals surface area contributed by atoms with Gasteiger partial charge < -0.3 is 4.74 Å². The summed E-state index contributed by atoms with van der Waals surface area (Å²) in [6.45, 7) is 6.51. The molecule has 0 saturated heterocycles. The molecule has 104 valence electrons. The van der Waals surface area contributed by atoms with Crippen molar-refractivity contribution in [3.05, 3.63) is 15.3 Å². The summed E-state index contributed by atoms with van der Waals surface area (Å²) in [6.07, 6.45) is 5.02. The van der Waals surface area contributed by atoms with Crippen molar-refractivity contribution in [2.45, 2.75) is 58.4 Å². The molecule has 2 radical (unpaired) electrons. The lowest BCUT2D eigenvalue weighted by atomic mass is 9.92. The van der Waals surface area contributed by atoms with Gasteiger partial charge in [0.25, 0.3) is 0 Å². The molecule has 0 fully saturated rings. The largest absolute Gasteiger partial charge is 0.489 e. The molecule has 0 bridgehead atoms. The Bertz CT molecular complexity index is 415. The monoisotopic (exact) mass is 294 g/mol. The Labute approximate surface area is 126 Å². The van der Waals surface area contributed by atoms with Crippen LogP contribution in [0.4, 0.5) is 0 Å². The van der Waals surface area contributed by atoms with Gasteiger partial charge in [-0.25, -0.2) is 0 Å². The van der Waals surface area contributed by atoms with Crippen molar-refractivity contribution in [3.8, 4) is 5.75 Å². The summed E-state index contributed by atoms with van der Waals surface area (Å²) in [5, 5.41) is 0. The first-order chi connectivity index (χ1) is 9.11. The smallest absolute Gasteiger partial charge is 0.137 e. The summed E-state index contributed by atoms with van der Waals surface area (Å²) < 4.78 is 6.25. The Balaban J connectivity index is 1.87. The van der Waals surface area contributed by atoms with Gasteiger partial charge in [0.15, 0.2) is 0 Å². The maximum atomic E-state index is 6.25. The Morgan fingerprint density at radius 3 is 3.00 bits per heavy atom. The molecule has 0 aromatic carbocycles. The first-order valence-electron chi connectivity index (χ1n) is 7.23. The molecule has 2 heterocycles. The number of thioether (sulfide) groups is 1. The maximum Gasteiger partial charge on any atom is 0.137 e. The minimum absolute atomic E-state index is 0.301. The van der Waals surface area contributed by atoms with Crippen LogP contribution in [0, 0.1) is 6.92 Å². The van der Waals surface area contributed by atoms with Crippen molar-refractivity contribution in [1.29, 1.82) is 0 Å². The molecule has 1 aliphatic heterocycles. The molecule has 0 N–H and O–H groups in total. The fourth-order valence-corrected chi connectivity index (χ4v) is 4.56. The number of ether oxygens (including phenoxy) is 1. The molecule has 0 spiro atoms. The average Bonchev–Trinajstić information content (AvgIpc) is 2.71. The SMILES string of the molecule is [B]C(C)CSCCC1CCc2c(C)sc(CC)c2O1. The molecule has 0 amide bonds. The van der Waals surface area contributed by atoms with E-state index in [9.17, 15) is 0 Å². The van der Waals surface area contributed by atoms with E-state index in [1.807, 2.05) is 23.1 Å². The molecule has 2 unspecified atom stereocenters. The van der Waals surface area contributed by atoms with Gasteiger partial charge in [-0.15, -0.1) is 11.3 Å². The maximum absolute atomic E-state index is 6.25. The zero-order valence-electron chi connectivity index (χ0n) is 12.2. The van der Waals surface area contributed by atoms with Crippen LogP contribution in [0.25, 0.3) is 0 Å². The summed E-state index contributed by atoms with van der Waals surface area (Å²) in [5.41, 5.74) is 1.47. The van der Waals surface area contributed by atoms with Crippen LogP contribution in [0.3, 0.4) is 0 Å². The highest BCUT2D eigenvalue weighted by Gasteiger charge is 2.25. The fraction of sp³-hybridized carbons (Fsp3) is 0.733. The van der Waals surface area contributed by atoms with Crippen molar-refractivity contribution < 1.29 is 4.74 Å². The number of hydrogen-bond acceptors (Lipinski definition) is 3. The normalized spacial score (nSPS) is 19.8. The van der Waals surface area contributed by atoms with Crippen LogP contribution in [-0.4, -0.2) is 25.5 Å². The van der Waals surface area contributed by atoms with Gasteiger partial charge in [0.1, 0.15) is 5.75 Å². The minimum atomic E-state index is 0.301. The number of rotatable bonds is 6. The standard InChI is InChI=1S/C15H23BOS2/c1-4-14-15-13(11(3)19-14)6-5-12(17-15)7-8-18-9-10(2)16/h10,12H,4-9H2,1-3H3. The Morgan fingerprint density at radius 2 is 2.32 bits per heavy atom. The molecule has 0 saturated carbocycles. The lowest BCUT2D eigenvalue weighted by molar-refractivity contribution is 0.170. The van der Waals surface area contributed by atoms with Crippen molar-refractivity contribution in [2.24, 2.45) is 0 Å². The van der Waals surface area contributed by atoms with Gasteiger partial charge in [0.2, 0.25) is 0 Å². The minimum Gasteiger partial charge on any atom is -0.489 e. The van der Waals surface area contributed by atoms with Gasteiger partial charge in [-0.2, -0.15) is 11.8 Å². The van der Waals surface area contributed by atoms with Crippen molar-refractivity contribution in [3.63, 3.8) is 0 Å². The first kappa shape index (κ1) is 15.3. The van der Waals surface area contributed by atoms with E-state index < -0.39 is 0 Å². The Morgan fingerprint density at radius 1 is 1.53 bits per heavy atom. The van der Waals surface area contributed by atoms with Gasteiger partial charge in [-0.3, -0.25) is 0 Å². The van der Waals surface area contributed by atoms with E-state index >= 15 is 0 Å². The molecule has 0 aliphatic carbocycles. The number of thiophene rings is 1. The summed E-state index contributed by atoms with van der Waals surface area (Å²) in [7, 11) is 5.76. The lowest BCUT2D eigenvalue weighted by Gasteiger charge is -2.25. The van der Waals surface area contributed by atoms with Gasteiger partial charge >= 0.3 is 0 Å². The predicted molar refractivity (Wildman–Crippen MR) is 88.3 cm³/mol. The summed E-state index contributed by atoms with van der Waals surface area (Å²) in [4.78, 5) is 2.89. The van der Waals surface area contributed by atoms with Crippen LogP contribution in [-0.2, 0) is 12.8 Å². The van der Waals surface area contributed by atoms with E-state index in [-0.39, 0.29) is 0 Å². The zero-order valence-corrected chi connectivity index (χ0v) is 13.8. The second kappa shape index (κ2) is 7.08. The third-order valence-electron chi connectivity index (χ3n) is 3.52. The highest BCUT2D eigenvalue weighted by Crippen LogP contribution is 2.40. The van der Waals surface area contributed by atoms with Gasteiger partial charge in [-0.05, 0) is 44.1 Å². The molecule has 1 nitrogen and oxygen atoms in total. The quantitative estimate of drug-likeness (QED) is 0.567. The van der Waals surface area contributed by atoms with Crippen molar-refractivity contribution in [2.75, 3.05) is 11.5 Å². The number of fused-ring (bicyclic) bond motifs is 1. The Hall–Kier alpha value is -0.0851. The zero-order chi connectivity index (χ0) is 13.8. The summed E-state index contributed by atoms with van der Waals surface area (Å²) in [6, 6.07) is 0. The van der Waals surface area contributed by atoms with Gasteiger partial charge in [-0.1, -0.05) is 19.7 Å². The van der Waals surface area contributed by atoms with E-state index in [1.165, 1.54) is 33.9 Å². The van der Waals surface area contributed by atoms with E-state index in [2.05, 4.69) is 20.8 Å². The third-order valence-corrected chi connectivity index (χ3v) is 6.07. The van der Waals surface area contributed by atoms with Gasteiger partial charge in [0.05, 0.1) is 14.0 Å². The lowest BCUT2D eigenvalue weighted by Crippen LogP contribution is -2.23. The third kappa shape index (κ3) is 3.94. The highest BCUT2D eigenvalue weighted by molar-refractivity contribution is 7.99. The van der Waals surface area contributed by atoms with Crippen molar-refractivity contribution in [1.82, 2.24) is 0 Å². The predicted octanol–water partition coefficient (Wildman–Crippen LogP) is 4.41. The molecule has 4 heteroatoms. The second-order valence-corrected chi connectivity index (χ2v) is 7.82. The van der Waals surface area contributed by atoms with Gasteiger partial charge in [0, 0.05) is 15.3 Å². The van der Waals surface area contributed by atoms with Crippen LogP contribution < -0.4 is 4.74 Å². The van der Waals surface area contributed by atoms with E-state index in [4.69, 9.17) is 12.6 Å². The topological polar surface area (TPSA) is 9.23 Å². The molecular weight excluding hydrogens is 271 g/mol. The van der Waals surface area contributed by atoms with Crippen LogP contribution in [0.2, 0.25) is 5.82 Å². The number of hydrogen-bond donors (Lipinski definition) is 0. The Kier molecular flexibility index (Phi) is 5.70. The molecule has 1 aromatic rings. The summed E-state index contributed by atoms with van der Waals surface area (Å²) >= 11 is 3.87. The highest BCUT2D eigenvalue weighted by atomic mass is 32.2. The fourth-order valence-electron chi connectivity index (χ4n) is 2.50. The van der Waals surface area contributed by atoms with E-state index in [0.717, 1.165) is 24.3 Å². The molecular formula is C15H23BOS2. The average molecular weight is 294 g/mol. The summed E-state index contributed by atoms with van der Waals surface area (Å²) in [5.74, 6) is 3.73. The van der Waals surface area contributed by atoms with Crippen LogP contribution >= 0.6 is 23.1 Å². The van der Waals surface area contributed by atoms with Crippen LogP contribution in [0.5, 0.6) is 5.75 Å². The molecule has 2 atom stereocenters. The molecule has 1 aromatic heterocycles. The second-order valence-electron chi connectivity index (χ2n) is 5.36. The first-order valence-corrected chi connectivity index (χ1v) is 9.20. The van der Waals surface area contributed by atoms with Crippen LogP contribution in [0.1, 0.15) is 42.0 Å². The molecule has 19 heavy (non-hydrogen) atoms. The van der Waals surface area contributed by atoms with Crippen LogP contribution in [0.15, 0.2) is 0 Å². The molecule has 2 rings (SSSR count). The number of aryl methyl sites for hydroxylation is 2. The molecule has 1 aliphatic rings.